The van der Waals surface area contributed by atoms with Gasteiger partial charge in [0.15, 0.2) is 0 Å². The number of aromatic nitrogens is 1. The van der Waals surface area contributed by atoms with Gasteiger partial charge in [0.25, 0.3) is 0 Å². The van der Waals surface area contributed by atoms with Crippen molar-refractivity contribution in [3.63, 3.8) is 0 Å². The fourth-order valence-corrected chi connectivity index (χ4v) is 2.19. The molecule has 2 heterocycles. The molecular formula is C13H21N3. The molecule has 0 saturated carbocycles. The van der Waals surface area contributed by atoms with E-state index < -0.39 is 0 Å². The van der Waals surface area contributed by atoms with Crippen LogP contribution >= 0.6 is 0 Å². The van der Waals surface area contributed by atoms with E-state index in [-0.39, 0.29) is 0 Å². The summed E-state index contributed by atoms with van der Waals surface area (Å²) in [5, 5.41) is 3.57. The summed E-state index contributed by atoms with van der Waals surface area (Å²) in [5.41, 5.74) is 2.33. The van der Waals surface area contributed by atoms with Crippen LogP contribution in [0.3, 0.4) is 0 Å². The van der Waals surface area contributed by atoms with Crippen molar-refractivity contribution < 1.29 is 0 Å². The lowest BCUT2D eigenvalue weighted by atomic mass is 10.1. The number of nitrogens with zero attached hydrogens (tertiary/aromatic N) is 2. The highest BCUT2D eigenvalue weighted by Crippen LogP contribution is 2.19. The van der Waals surface area contributed by atoms with Gasteiger partial charge in [-0.15, -0.1) is 0 Å². The largest absolute Gasteiger partial charge is 0.365 e. The van der Waals surface area contributed by atoms with Gasteiger partial charge in [0, 0.05) is 30.9 Å². The fourth-order valence-electron chi connectivity index (χ4n) is 2.19. The van der Waals surface area contributed by atoms with Gasteiger partial charge < -0.3 is 10.2 Å². The number of hydrogen-bond acceptors (Lipinski definition) is 3. The van der Waals surface area contributed by atoms with Gasteiger partial charge in [0.05, 0.1) is 11.9 Å². The van der Waals surface area contributed by atoms with Crippen molar-refractivity contribution in [2.24, 2.45) is 0 Å². The molecule has 1 aromatic rings. The second-order valence-electron chi connectivity index (χ2n) is 4.67. The Hall–Kier alpha value is -1.09. The van der Waals surface area contributed by atoms with Crippen LogP contribution in [0, 0.1) is 6.92 Å². The van der Waals surface area contributed by atoms with Crippen LogP contribution < -0.4 is 10.2 Å². The van der Waals surface area contributed by atoms with E-state index in [4.69, 9.17) is 0 Å². The molecule has 1 aliphatic rings. The Morgan fingerprint density at radius 1 is 1.50 bits per heavy atom. The minimum atomic E-state index is 0.548. The molecule has 2 atom stereocenters. The molecule has 1 N–H and O–H groups in total. The van der Waals surface area contributed by atoms with Crippen molar-refractivity contribution in [1.29, 1.82) is 0 Å². The van der Waals surface area contributed by atoms with Crippen molar-refractivity contribution in [2.45, 2.75) is 39.3 Å². The lowest BCUT2D eigenvalue weighted by molar-refractivity contribution is 0.397. The van der Waals surface area contributed by atoms with Gasteiger partial charge in [-0.1, -0.05) is 6.92 Å². The van der Waals surface area contributed by atoms with Crippen LogP contribution in [0.2, 0.25) is 0 Å². The molecule has 16 heavy (non-hydrogen) atoms. The van der Waals surface area contributed by atoms with E-state index >= 15 is 0 Å². The van der Waals surface area contributed by atoms with Gasteiger partial charge in [-0.2, -0.15) is 0 Å². The first kappa shape index (κ1) is 11.4. The third-order valence-electron chi connectivity index (χ3n) is 3.37. The van der Waals surface area contributed by atoms with E-state index in [9.17, 15) is 0 Å². The summed E-state index contributed by atoms with van der Waals surface area (Å²) in [6, 6.07) is 5.42. The van der Waals surface area contributed by atoms with Crippen molar-refractivity contribution in [3.05, 3.63) is 24.0 Å². The van der Waals surface area contributed by atoms with Crippen LogP contribution in [-0.4, -0.2) is 30.2 Å². The highest BCUT2D eigenvalue weighted by molar-refractivity contribution is 5.46. The second-order valence-corrected chi connectivity index (χ2v) is 4.67. The summed E-state index contributed by atoms with van der Waals surface area (Å²) < 4.78 is 0. The fraction of sp³-hybridized carbons (Fsp3) is 0.615. The smallest absolute Gasteiger partial charge is 0.0556 e. The molecule has 2 rings (SSSR count). The van der Waals surface area contributed by atoms with E-state index in [2.05, 4.69) is 41.2 Å². The molecule has 1 saturated heterocycles. The predicted molar refractivity (Wildman–Crippen MR) is 67.9 cm³/mol. The van der Waals surface area contributed by atoms with Crippen LogP contribution in [0.15, 0.2) is 18.3 Å². The molecule has 3 heteroatoms. The van der Waals surface area contributed by atoms with Crippen LogP contribution in [0.1, 0.15) is 26.0 Å². The van der Waals surface area contributed by atoms with Crippen LogP contribution in [0.25, 0.3) is 0 Å². The maximum atomic E-state index is 4.38. The van der Waals surface area contributed by atoms with Gasteiger partial charge >= 0.3 is 0 Å². The first-order valence-electron chi connectivity index (χ1n) is 6.13. The SMILES string of the molecule is CCC1CN(c2ccc(C)nc2)C(C)CN1. The quantitative estimate of drug-likeness (QED) is 0.824. The van der Waals surface area contributed by atoms with Crippen LogP contribution in [-0.2, 0) is 0 Å². The summed E-state index contributed by atoms with van der Waals surface area (Å²) >= 11 is 0. The Labute approximate surface area is 97.9 Å². The lowest BCUT2D eigenvalue weighted by Crippen LogP contribution is -2.55. The summed E-state index contributed by atoms with van der Waals surface area (Å²) in [5.74, 6) is 0. The number of anilines is 1. The average molecular weight is 219 g/mol. The van der Waals surface area contributed by atoms with Crippen LogP contribution in [0.4, 0.5) is 5.69 Å². The predicted octanol–water partition coefficient (Wildman–Crippen LogP) is 1.97. The molecule has 3 nitrogen and oxygen atoms in total. The Morgan fingerprint density at radius 2 is 2.31 bits per heavy atom. The number of hydrogen-bond donors (Lipinski definition) is 1. The van der Waals surface area contributed by atoms with Crippen molar-refractivity contribution in [1.82, 2.24) is 10.3 Å². The zero-order valence-electron chi connectivity index (χ0n) is 10.4. The van der Waals surface area contributed by atoms with Crippen molar-refractivity contribution in [2.75, 3.05) is 18.0 Å². The highest BCUT2D eigenvalue weighted by atomic mass is 15.2. The number of aryl methyl sites for hydroxylation is 1. The van der Waals surface area contributed by atoms with E-state index in [0.717, 1.165) is 18.8 Å². The van der Waals surface area contributed by atoms with Gasteiger partial charge in [-0.3, -0.25) is 4.98 Å². The topological polar surface area (TPSA) is 28.2 Å². The molecule has 0 spiro atoms. The van der Waals surface area contributed by atoms with Crippen molar-refractivity contribution >= 4 is 5.69 Å². The van der Waals surface area contributed by atoms with E-state index in [1.165, 1.54) is 12.1 Å². The lowest BCUT2D eigenvalue weighted by Gasteiger charge is -2.40. The van der Waals surface area contributed by atoms with Gasteiger partial charge in [-0.05, 0) is 32.4 Å². The number of nitrogens with one attached hydrogen (secondary N) is 1. The molecular weight excluding hydrogens is 198 g/mol. The molecule has 0 amide bonds. The average Bonchev–Trinajstić information content (AvgIpc) is 2.31. The van der Waals surface area contributed by atoms with E-state index in [1.807, 2.05) is 13.1 Å². The number of pyridine rings is 1. The normalized spacial score (nSPS) is 25.8. The van der Waals surface area contributed by atoms with Gasteiger partial charge in [-0.25, -0.2) is 0 Å². The third kappa shape index (κ3) is 2.35. The third-order valence-corrected chi connectivity index (χ3v) is 3.37. The first-order chi connectivity index (χ1) is 7.70. The monoisotopic (exact) mass is 219 g/mol. The molecule has 1 aromatic heterocycles. The number of rotatable bonds is 2. The molecule has 0 aliphatic carbocycles. The molecule has 0 radical (unpaired) electrons. The van der Waals surface area contributed by atoms with Crippen LogP contribution in [0.5, 0.6) is 0 Å². The molecule has 1 fully saturated rings. The minimum absolute atomic E-state index is 0.548. The number of piperazine rings is 1. The zero-order chi connectivity index (χ0) is 11.5. The Morgan fingerprint density at radius 3 is 2.94 bits per heavy atom. The first-order valence-corrected chi connectivity index (χ1v) is 6.13. The highest BCUT2D eigenvalue weighted by Gasteiger charge is 2.23. The van der Waals surface area contributed by atoms with Gasteiger partial charge in [0.1, 0.15) is 0 Å². The molecule has 1 aliphatic heterocycles. The maximum absolute atomic E-state index is 4.38. The molecule has 88 valence electrons. The van der Waals surface area contributed by atoms with Gasteiger partial charge in [0.2, 0.25) is 0 Å². The summed E-state index contributed by atoms with van der Waals surface area (Å²) in [6.07, 6.45) is 3.17. The minimum Gasteiger partial charge on any atom is -0.365 e. The Bertz CT molecular complexity index is 334. The maximum Gasteiger partial charge on any atom is 0.0556 e. The van der Waals surface area contributed by atoms with Crippen molar-refractivity contribution in [3.8, 4) is 0 Å². The summed E-state index contributed by atoms with van der Waals surface area (Å²) in [6.45, 7) is 8.67. The second kappa shape index (κ2) is 4.83. The van der Waals surface area contributed by atoms with E-state index in [1.54, 1.807) is 0 Å². The molecule has 0 bridgehead atoms. The zero-order valence-corrected chi connectivity index (χ0v) is 10.4. The Kier molecular flexibility index (Phi) is 3.44. The summed E-state index contributed by atoms with van der Waals surface area (Å²) in [4.78, 5) is 6.83. The standard InChI is InChI=1S/C13H21N3/c1-4-12-9-16(11(3)7-15-12)13-6-5-10(2)14-8-13/h5-6,8,11-12,15H,4,7,9H2,1-3H3. The summed E-state index contributed by atoms with van der Waals surface area (Å²) in [7, 11) is 0. The van der Waals surface area contributed by atoms with E-state index in [0.29, 0.717) is 12.1 Å². The Balaban J connectivity index is 2.14. The molecule has 2 unspecified atom stereocenters. The molecule has 0 aromatic carbocycles.